The highest BCUT2D eigenvalue weighted by Gasteiger charge is 2.09. The van der Waals surface area contributed by atoms with Crippen LogP contribution < -0.4 is 5.32 Å². The molecule has 1 heterocycles. The molecule has 1 aliphatic rings. The molecule has 1 aromatic rings. The summed E-state index contributed by atoms with van der Waals surface area (Å²) in [5.74, 6) is 0. The van der Waals surface area contributed by atoms with Crippen LogP contribution in [0.4, 0.5) is 5.69 Å². The van der Waals surface area contributed by atoms with Gasteiger partial charge < -0.3 is 5.32 Å². The van der Waals surface area contributed by atoms with Crippen LogP contribution in [0.5, 0.6) is 0 Å². The predicted molar refractivity (Wildman–Crippen MR) is 53.0 cm³/mol. The molecule has 2 rings (SSSR count). The highest BCUT2D eigenvalue weighted by Crippen LogP contribution is 2.29. The number of halogens is 1. The third-order valence-electron chi connectivity index (χ3n) is 1.82. The van der Waals surface area contributed by atoms with Gasteiger partial charge in [0.25, 0.3) is 0 Å². The van der Waals surface area contributed by atoms with Gasteiger partial charge in [-0.3, -0.25) is 0 Å². The lowest BCUT2D eigenvalue weighted by Gasteiger charge is -2.16. The fraction of sp³-hybridized carbons (Fsp3) is 0. The molecule has 0 amide bonds. The predicted octanol–water partition coefficient (Wildman–Crippen LogP) is 3.21. The van der Waals surface area contributed by atoms with Gasteiger partial charge in [0, 0.05) is 5.69 Å². The second-order valence-corrected chi connectivity index (χ2v) is 3.09. The van der Waals surface area contributed by atoms with Gasteiger partial charge in [-0.2, -0.15) is 0 Å². The summed E-state index contributed by atoms with van der Waals surface area (Å²) >= 11 is 5.89. The van der Waals surface area contributed by atoms with Crippen LogP contribution >= 0.6 is 11.6 Å². The maximum atomic E-state index is 5.89. The van der Waals surface area contributed by atoms with E-state index in [2.05, 4.69) is 11.9 Å². The van der Waals surface area contributed by atoms with Crippen LogP contribution in [0.25, 0.3) is 6.08 Å². The van der Waals surface area contributed by atoms with Crippen molar-refractivity contribution in [3.63, 3.8) is 0 Å². The standard InChI is InChI=1S/C10H8ClN/c1-7-9(11)6-8-4-2-3-5-10(8)12-7/h2-6,12H,1H2. The molecule has 2 heteroatoms. The first-order valence-corrected chi connectivity index (χ1v) is 4.08. The zero-order valence-corrected chi connectivity index (χ0v) is 7.23. The number of hydrogen-bond acceptors (Lipinski definition) is 1. The van der Waals surface area contributed by atoms with Crippen molar-refractivity contribution in [2.45, 2.75) is 0 Å². The highest BCUT2D eigenvalue weighted by atomic mass is 35.5. The van der Waals surface area contributed by atoms with Crippen LogP contribution in [0.3, 0.4) is 0 Å². The molecule has 0 aliphatic carbocycles. The third-order valence-corrected chi connectivity index (χ3v) is 2.15. The van der Waals surface area contributed by atoms with Gasteiger partial charge in [0.05, 0.1) is 10.7 Å². The van der Waals surface area contributed by atoms with Gasteiger partial charge in [0.15, 0.2) is 0 Å². The first-order valence-electron chi connectivity index (χ1n) is 3.70. The van der Waals surface area contributed by atoms with Crippen LogP contribution in [0.15, 0.2) is 41.6 Å². The zero-order valence-electron chi connectivity index (χ0n) is 6.47. The minimum atomic E-state index is 0.675. The molecule has 1 aromatic carbocycles. The lowest BCUT2D eigenvalue weighted by Crippen LogP contribution is -2.03. The smallest absolute Gasteiger partial charge is 0.0641 e. The molecular formula is C10H8ClN. The number of nitrogens with one attached hydrogen (secondary N) is 1. The molecule has 0 spiro atoms. The molecule has 60 valence electrons. The first-order chi connectivity index (χ1) is 5.77. The van der Waals surface area contributed by atoms with Crippen molar-refractivity contribution >= 4 is 23.4 Å². The van der Waals surface area contributed by atoms with Gasteiger partial charge in [0.2, 0.25) is 0 Å². The summed E-state index contributed by atoms with van der Waals surface area (Å²) in [5, 5.41) is 3.79. The van der Waals surface area contributed by atoms with Crippen LogP contribution in [-0.4, -0.2) is 0 Å². The second kappa shape index (κ2) is 2.68. The average Bonchev–Trinajstić information content (AvgIpc) is 2.07. The van der Waals surface area contributed by atoms with E-state index in [1.54, 1.807) is 0 Å². The summed E-state index contributed by atoms with van der Waals surface area (Å²) in [6.07, 6.45) is 1.91. The Bertz CT molecular complexity index is 366. The molecule has 0 saturated carbocycles. The van der Waals surface area contributed by atoms with Gasteiger partial charge in [-0.15, -0.1) is 0 Å². The van der Waals surface area contributed by atoms with Crippen molar-refractivity contribution < 1.29 is 0 Å². The van der Waals surface area contributed by atoms with Gasteiger partial charge in [-0.05, 0) is 17.7 Å². The van der Waals surface area contributed by atoms with E-state index in [9.17, 15) is 0 Å². The average molecular weight is 178 g/mol. The number of para-hydroxylation sites is 1. The normalized spacial score (nSPS) is 14.8. The Morgan fingerprint density at radius 1 is 1.25 bits per heavy atom. The quantitative estimate of drug-likeness (QED) is 0.642. The van der Waals surface area contributed by atoms with Crippen molar-refractivity contribution in [2.24, 2.45) is 0 Å². The van der Waals surface area contributed by atoms with Crippen molar-refractivity contribution in [3.05, 3.63) is 47.1 Å². The SMILES string of the molecule is C=C1Nc2ccccc2C=C1Cl. The fourth-order valence-corrected chi connectivity index (χ4v) is 1.35. The van der Waals surface area contributed by atoms with Crippen molar-refractivity contribution in [2.75, 3.05) is 5.32 Å². The minimum Gasteiger partial charge on any atom is -0.354 e. The summed E-state index contributed by atoms with van der Waals surface area (Å²) in [7, 11) is 0. The molecular weight excluding hydrogens is 170 g/mol. The number of allylic oxidation sites excluding steroid dienone is 1. The highest BCUT2D eigenvalue weighted by molar-refractivity contribution is 6.34. The molecule has 1 N–H and O–H groups in total. The van der Waals surface area contributed by atoms with E-state index in [1.807, 2.05) is 30.3 Å². The molecule has 0 atom stereocenters. The largest absolute Gasteiger partial charge is 0.354 e. The van der Waals surface area contributed by atoms with Crippen molar-refractivity contribution in [3.8, 4) is 0 Å². The van der Waals surface area contributed by atoms with E-state index in [0.29, 0.717) is 5.03 Å². The summed E-state index contributed by atoms with van der Waals surface area (Å²) in [6.45, 7) is 3.78. The molecule has 0 radical (unpaired) electrons. The summed E-state index contributed by atoms with van der Waals surface area (Å²) in [6, 6.07) is 7.97. The molecule has 1 nitrogen and oxygen atoms in total. The van der Waals surface area contributed by atoms with E-state index < -0.39 is 0 Å². The fourth-order valence-electron chi connectivity index (χ4n) is 1.18. The maximum Gasteiger partial charge on any atom is 0.0641 e. The Kier molecular flexibility index (Phi) is 1.66. The Morgan fingerprint density at radius 2 is 2.00 bits per heavy atom. The zero-order chi connectivity index (χ0) is 8.55. The Labute approximate surface area is 76.4 Å². The molecule has 0 saturated heterocycles. The minimum absolute atomic E-state index is 0.675. The molecule has 12 heavy (non-hydrogen) atoms. The number of benzene rings is 1. The summed E-state index contributed by atoms with van der Waals surface area (Å²) in [5.41, 5.74) is 2.93. The van der Waals surface area contributed by atoms with Crippen LogP contribution in [0.2, 0.25) is 0 Å². The Morgan fingerprint density at radius 3 is 2.83 bits per heavy atom. The second-order valence-electron chi connectivity index (χ2n) is 2.68. The molecule has 0 bridgehead atoms. The van der Waals surface area contributed by atoms with E-state index in [4.69, 9.17) is 11.6 Å². The number of anilines is 1. The lowest BCUT2D eigenvalue weighted by atomic mass is 10.1. The van der Waals surface area contributed by atoms with Gasteiger partial charge in [0.1, 0.15) is 0 Å². The molecule has 0 fully saturated rings. The van der Waals surface area contributed by atoms with E-state index in [-0.39, 0.29) is 0 Å². The Hall–Kier alpha value is -1.21. The third kappa shape index (κ3) is 1.12. The lowest BCUT2D eigenvalue weighted by molar-refractivity contribution is 1.43. The van der Waals surface area contributed by atoms with Crippen LogP contribution in [-0.2, 0) is 0 Å². The monoisotopic (exact) mass is 177 g/mol. The Balaban J connectivity index is 2.56. The van der Waals surface area contributed by atoms with Gasteiger partial charge in [-0.1, -0.05) is 36.4 Å². The van der Waals surface area contributed by atoms with Crippen molar-refractivity contribution in [1.29, 1.82) is 0 Å². The summed E-state index contributed by atoms with van der Waals surface area (Å²) in [4.78, 5) is 0. The van der Waals surface area contributed by atoms with E-state index in [0.717, 1.165) is 16.9 Å². The van der Waals surface area contributed by atoms with Crippen LogP contribution in [0, 0.1) is 0 Å². The number of fused-ring (bicyclic) bond motifs is 1. The van der Waals surface area contributed by atoms with Crippen molar-refractivity contribution in [1.82, 2.24) is 0 Å². The molecule has 0 aromatic heterocycles. The summed E-state index contributed by atoms with van der Waals surface area (Å²) < 4.78 is 0. The van der Waals surface area contributed by atoms with E-state index in [1.165, 1.54) is 0 Å². The van der Waals surface area contributed by atoms with Gasteiger partial charge in [-0.25, -0.2) is 0 Å². The number of rotatable bonds is 0. The number of hydrogen-bond donors (Lipinski definition) is 1. The topological polar surface area (TPSA) is 12.0 Å². The first kappa shape index (κ1) is 7.44. The van der Waals surface area contributed by atoms with Gasteiger partial charge >= 0.3 is 0 Å². The maximum absolute atomic E-state index is 5.89. The van der Waals surface area contributed by atoms with E-state index >= 15 is 0 Å². The molecule has 0 unspecified atom stereocenters. The molecule has 1 aliphatic heterocycles. The van der Waals surface area contributed by atoms with Crippen LogP contribution in [0.1, 0.15) is 5.56 Å².